The van der Waals surface area contributed by atoms with Crippen LogP contribution in [0.5, 0.6) is 0 Å². The third kappa shape index (κ3) is 1.82. The summed E-state index contributed by atoms with van der Waals surface area (Å²) >= 11 is 0. The maximum Gasteiger partial charge on any atom is 0.0518 e. The second kappa shape index (κ2) is 5.04. The predicted octanol–water partition coefficient (Wildman–Crippen LogP) is 5.37. The predicted molar refractivity (Wildman–Crippen MR) is 90.3 cm³/mol. The first kappa shape index (κ1) is 13.9. The average Bonchev–Trinajstić information content (AvgIpc) is 2.52. The van der Waals surface area contributed by atoms with Gasteiger partial charge in [-0.2, -0.15) is 0 Å². The lowest BCUT2D eigenvalue weighted by Gasteiger charge is -2.56. The van der Waals surface area contributed by atoms with Crippen molar-refractivity contribution >= 4 is 0 Å². The first-order valence-corrected chi connectivity index (χ1v) is 7.59. The zero-order valence-electron chi connectivity index (χ0n) is 12.8. The molecular formula is C21H22. The van der Waals surface area contributed by atoms with E-state index in [1.54, 1.807) is 0 Å². The summed E-state index contributed by atoms with van der Waals surface area (Å²) in [6, 6.07) is 21.5. The molecule has 1 fully saturated rings. The van der Waals surface area contributed by atoms with Crippen molar-refractivity contribution in [3.8, 4) is 0 Å². The van der Waals surface area contributed by atoms with Gasteiger partial charge in [0.05, 0.1) is 5.41 Å². The molecule has 0 heteroatoms. The molecule has 1 atom stereocenters. The molecule has 1 unspecified atom stereocenters. The van der Waals surface area contributed by atoms with E-state index in [1.807, 2.05) is 0 Å². The van der Waals surface area contributed by atoms with Crippen LogP contribution in [0.1, 0.15) is 25.0 Å². The molecule has 1 aliphatic carbocycles. The lowest BCUT2D eigenvalue weighted by atomic mass is 9.46. The molecule has 0 amide bonds. The van der Waals surface area contributed by atoms with Gasteiger partial charge in [0.1, 0.15) is 0 Å². The minimum atomic E-state index is -0.117. The molecule has 0 nitrogen and oxygen atoms in total. The van der Waals surface area contributed by atoms with Gasteiger partial charge in [-0.1, -0.05) is 87.7 Å². The van der Waals surface area contributed by atoms with Gasteiger partial charge in [-0.3, -0.25) is 0 Å². The minimum absolute atomic E-state index is 0.117. The smallest absolute Gasteiger partial charge is 0.0518 e. The summed E-state index contributed by atoms with van der Waals surface area (Å²) in [6.07, 6.45) is 0. The standard InChI is InChI=1S/C21H22/c1-15(2)20-16(3)17(4)21(20,18-11-7-5-8-12-18)19-13-9-6-10-14-19/h5-15,20H,3-4H2,1-2H3. The molecule has 1 saturated carbocycles. The van der Waals surface area contributed by atoms with E-state index in [0.29, 0.717) is 11.8 Å². The Bertz CT molecular complexity index is 622. The molecule has 0 aliphatic heterocycles. The average molecular weight is 274 g/mol. The maximum atomic E-state index is 4.38. The fourth-order valence-electron chi connectivity index (χ4n) is 3.99. The van der Waals surface area contributed by atoms with E-state index in [1.165, 1.54) is 22.3 Å². The van der Waals surface area contributed by atoms with Crippen LogP contribution in [-0.2, 0) is 5.41 Å². The highest BCUT2D eigenvalue weighted by Crippen LogP contribution is 2.61. The Kier molecular flexibility index (Phi) is 3.33. The van der Waals surface area contributed by atoms with Crippen molar-refractivity contribution in [3.63, 3.8) is 0 Å². The molecule has 2 aromatic carbocycles. The molecule has 2 aromatic rings. The van der Waals surface area contributed by atoms with Crippen LogP contribution in [0.2, 0.25) is 0 Å². The summed E-state index contributed by atoms with van der Waals surface area (Å²) in [4.78, 5) is 0. The summed E-state index contributed by atoms with van der Waals surface area (Å²) in [7, 11) is 0. The van der Waals surface area contributed by atoms with Crippen molar-refractivity contribution in [3.05, 3.63) is 96.1 Å². The van der Waals surface area contributed by atoms with Gasteiger partial charge in [-0.15, -0.1) is 0 Å². The van der Waals surface area contributed by atoms with Crippen molar-refractivity contribution in [2.45, 2.75) is 19.3 Å². The second-order valence-corrected chi connectivity index (χ2v) is 6.27. The molecule has 3 rings (SSSR count). The van der Waals surface area contributed by atoms with E-state index in [-0.39, 0.29) is 5.41 Å². The van der Waals surface area contributed by atoms with Crippen LogP contribution in [-0.4, -0.2) is 0 Å². The van der Waals surface area contributed by atoms with E-state index < -0.39 is 0 Å². The number of benzene rings is 2. The summed E-state index contributed by atoms with van der Waals surface area (Å²) in [5, 5.41) is 0. The third-order valence-electron chi connectivity index (χ3n) is 4.83. The molecule has 0 aromatic heterocycles. The quantitative estimate of drug-likeness (QED) is 0.705. The number of hydrogen-bond donors (Lipinski definition) is 0. The third-order valence-corrected chi connectivity index (χ3v) is 4.83. The molecule has 1 aliphatic rings. The molecule has 0 saturated heterocycles. The Morgan fingerprint density at radius 2 is 1.24 bits per heavy atom. The van der Waals surface area contributed by atoms with E-state index in [9.17, 15) is 0 Å². The lowest BCUT2D eigenvalue weighted by Crippen LogP contribution is -2.51. The number of rotatable bonds is 3. The van der Waals surface area contributed by atoms with Crippen LogP contribution in [0, 0.1) is 11.8 Å². The largest absolute Gasteiger partial charge is 0.0952 e. The van der Waals surface area contributed by atoms with Crippen LogP contribution in [0.3, 0.4) is 0 Å². The summed E-state index contributed by atoms with van der Waals surface area (Å²) in [6.45, 7) is 13.2. The number of hydrogen-bond acceptors (Lipinski definition) is 0. The molecule has 0 N–H and O–H groups in total. The molecule has 0 bridgehead atoms. The highest BCUT2D eigenvalue weighted by molar-refractivity contribution is 5.65. The minimum Gasteiger partial charge on any atom is -0.0952 e. The maximum absolute atomic E-state index is 4.38. The van der Waals surface area contributed by atoms with Gasteiger partial charge in [-0.25, -0.2) is 0 Å². The van der Waals surface area contributed by atoms with E-state index in [2.05, 4.69) is 87.7 Å². The zero-order valence-corrected chi connectivity index (χ0v) is 12.8. The summed E-state index contributed by atoms with van der Waals surface area (Å²) in [5.41, 5.74) is 4.91. The monoisotopic (exact) mass is 274 g/mol. The molecular weight excluding hydrogens is 252 g/mol. The first-order valence-electron chi connectivity index (χ1n) is 7.59. The second-order valence-electron chi connectivity index (χ2n) is 6.27. The Labute approximate surface area is 127 Å². The van der Waals surface area contributed by atoms with E-state index in [0.717, 1.165) is 0 Å². The molecule has 0 radical (unpaired) electrons. The van der Waals surface area contributed by atoms with Crippen LogP contribution in [0.4, 0.5) is 0 Å². The van der Waals surface area contributed by atoms with Gasteiger partial charge in [0.2, 0.25) is 0 Å². The van der Waals surface area contributed by atoms with Gasteiger partial charge in [0.25, 0.3) is 0 Å². The molecule has 0 spiro atoms. The molecule has 106 valence electrons. The molecule has 0 heterocycles. The lowest BCUT2D eigenvalue weighted by molar-refractivity contribution is 0.269. The molecule has 21 heavy (non-hydrogen) atoms. The van der Waals surface area contributed by atoms with Crippen LogP contribution >= 0.6 is 0 Å². The number of allylic oxidation sites excluding steroid dienone is 2. The topological polar surface area (TPSA) is 0 Å². The van der Waals surface area contributed by atoms with Gasteiger partial charge in [0.15, 0.2) is 0 Å². The Balaban J connectivity index is 2.27. The van der Waals surface area contributed by atoms with E-state index in [4.69, 9.17) is 0 Å². The first-order chi connectivity index (χ1) is 10.1. The van der Waals surface area contributed by atoms with E-state index >= 15 is 0 Å². The van der Waals surface area contributed by atoms with Gasteiger partial charge in [-0.05, 0) is 28.2 Å². The van der Waals surface area contributed by atoms with Crippen molar-refractivity contribution in [2.75, 3.05) is 0 Å². The van der Waals surface area contributed by atoms with Crippen LogP contribution in [0.25, 0.3) is 0 Å². The Hall–Kier alpha value is -2.08. The van der Waals surface area contributed by atoms with Crippen molar-refractivity contribution < 1.29 is 0 Å². The fourth-order valence-corrected chi connectivity index (χ4v) is 3.99. The van der Waals surface area contributed by atoms with Crippen molar-refractivity contribution in [1.82, 2.24) is 0 Å². The highest BCUT2D eigenvalue weighted by atomic mass is 14.6. The Morgan fingerprint density at radius 1 is 0.810 bits per heavy atom. The highest BCUT2D eigenvalue weighted by Gasteiger charge is 2.55. The summed E-state index contributed by atoms with van der Waals surface area (Å²) < 4.78 is 0. The van der Waals surface area contributed by atoms with Crippen molar-refractivity contribution in [2.24, 2.45) is 11.8 Å². The van der Waals surface area contributed by atoms with Gasteiger partial charge >= 0.3 is 0 Å². The fraction of sp³-hybridized carbons (Fsp3) is 0.238. The SMILES string of the molecule is C=C1C(=C)C(c2ccccc2)(c2ccccc2)C1C(C)C. The normalized spacial score (nSPS) is 20.4. The van der Waals surface area contributed by atoms with Gasteiger partial charge < -0.3 is 0 Å². The zero-order chi connectivity index (χ0) is 15.0. The van der Waals surface area contributed by atoms with Crippen LogP contribution < -0.4 is 0 Å². The Morgan fingerprint density at radius 3 is 1.62 bits per heavy atom. The van der Waals surface area contributed by atoms with Gasteiger partial charge in [0, 0.05) is 5.92 Å². The summed E-state index contributed by atoms with van der Waals surface area (Å²) in [5.74, 6) is 0.943. The van der Waals surface area contributed by atoms with Crippen molar-refractivity contribution in [1.29, 1.82) is 0 Å². The van der Waals surface area contributed by atoms with Crippen LogP contribution in [0.15, 0.2) is 85.0 Å².